The maximum atomic E-state index is 5.96. The molecule has 24 heavy (non-hydrogen) atoms. The highest BCUT2D eigenvalue weighted by Crippen LogP contribution is 2.30. The molecule has 0 saturated carbocycles. The zero-order chi connectivity index (χ0) is 16.4. The smallest absolute Gasteiger partial charge is 0.100 e. The molecule has 2 aromatic heterocycles. The van der Waals surface area contributed by atoms with E-state index in [0.717, 1.165) is 44.1 Å². The summed E-state index contributed by atoms with van der Waals surface area (Å²) in [5.74, 6) is 0.276. The number of aryl methyl sites for hydroxylation is 1. The Morgan fingerprint density at radius 3 is 3.12 bits per heavy atom. The zero-order valence-electron chi connectivity index (χ0n) is 14.0. The minimum Gasteiger partial charge on any atom is -0.380 e. The van der Waals surface area contributed by atoms with Gasteiger partial charge in [-0.15, -0.1) is 5.10 Å². The van der Waals surface area contributed by atoms with E-state index in [9.17, 15) is 0 Å². The summed E-state index contributed by atoms with van der Waals surface area (Å²) in [5.41, 5.74) is 3.23. The van der Waals surface area contributed by atoms with Crippen LogP contribution in [0.5, 0.6) is 0 Å². The normalized spacial score (nSPS) is 24.2. The molecular weight excluding hydrogens is 306 g/mol. The second-order valence-corrected chi connectivity index (χ2v) is 6.52. The molecule has 4 rings (SSSR count). The Hall–Kier alpha value is -1.83. The van der Waals surface area contributed by atoms with E-state index in [1.165, 1.54) is 5.69 Å². The maximum Gasteiger partial charge on any atom is 0.100 e. The lowest BCUT2D eigenvalue weighted by molar-refractivity contribution is 0.0674. The zero-order valence-corrected chi connectivity index (χ0v) is 14.0. The van der Waals surface area contributed by atoms with Gasteiger partial charge in [-0.1, -0.05) is 11.3 Å². The molecule has 0 N–H and O–H groups in total. The average molecular weight is 329 g/mol. The van der Waals surface area contributed by atoms with E-state index < -0.39 is 0 Å². The summed E-state index contributed by atoms with van der Waals surface area (Å²) >= 11 is 0. The number of hydrogen-bond acceptors (Lipinski definition) is 6. The summed E-state index contributed by atoms with van der Waals surface area (Å²) in [6, 6.07) is 6.37. The van der Waals surface area contributed by atoms with Gasteiger partial charge < -0.3 is 9.47 Å². The van der Waals surface area contributed by atoms with Crippen LogP contribution in [-0.4, -0.2) is 57.3 Å². The van der Waals surface area contributed by atoms with E-state index in [1.54, 1.807) is 6.20 Å². The Morgan fingerprint density at radius 1 is 1.38 bits per heavy atom. The van der Waals surface area contributed by atoms with Gasteiger partial charge in [0.15, 0.2) is 0 Å². The third-order valence-electron chi connectivity index (χ3n) is 4.86. The SMILES string of the molecule is Cn1nnc2c1[C@H](COCc1ccccn1)CN([C@H]1CCOC1)C2. The van der Waals surface area contributed by atoms with Gasteiger partial charge in [0.25, 0.3) is 0 Å². The Labute approximate surface area is 141 Å². The van der Waals surface area contributed by atoms with Gasteiger partial charge in [-0.2, -0.15) is 0 Å². The van der Waals surface area contributed by atoms with Gasteiger partial charge in [0.05, 0.1) is 31.2 Å². The quantitative estimate of drug-likeness (QED) is 0.819. The largest absolute Gasteiger partial charge is 0.380 e. The number of pyridine rings is 1. The molecule has 7 heteroatoms. The molecule has 1 fully saturated rings. The number of nitrogens with zero attached hydrogens (tertiary/aromatic N) is 5. The number of aromatic nitrogens is 4. The van der Waals surface area contributed by atoms with Crippen LogP contribution in [0.3, 0.4) is 0 Å². The van der Waals surface area contributed by atoms with Crippen molar-refractivity contribution >= 4 is 0 Å². The summed E-state index contributed by atoms with van der Waals surface area (Å²) in [4.78, 5) is 6.78. The fourth-order valence-corrected chi connectivity index (χ4v) is 3.66. The number of hydrogen-bond donors (Lipinski definition) is 0. The van der Waals surface area contributed by atoms with E-state index in [0.29, 0.717) is 19.3 Å². The molecule has 0 unspecified atom stereocenters. The number of fused-ring (bicyclic) bond motifs is 1. The molecular formula is C17H23N5O2. The van der Waals surface area contributed by atoms with E-state index >= 15 is 0 Å². The molecule has 7 nitrogen and oxygen atoms in total. The van der Waals surface area contributed by atoms with Crippen molar-refractivity contribution < 1.29 is 9.47 Å². The first-order chi connectivity index (χ1) is 11.8. The van der Waals surface area contributed by atoms with E-state index in [-0.39, 0.29) is 5.92 Å². The summed E-state index contributed by atoms with van der Waals surface area (Å²) in [6.07, 6.45) is 2.89. The highest BCUT2D eigenvalue weighted by Gasteiger charge is 2.34. The van der Waals surface area contributed by atoms with Crippen LogP contribution >= 0.6 is 0 Å². The highest BCUT2D eigenvalue weighted by molar-refractivity contribution is 5.20. The van der Waals surface area contributed by atoms with Crippen molar-refractivity contribution in [1.29, 1.82) is 0 Å². The molecule has 0 aromatic carbocycles. The second kappa shape index (κ2) is 6.96. The van der Waals surface area contributed by atoms with Crippen LogP contribution in [0.2, 0.25) is 0 Å². The second-order valence-electron chi connectivity index (χ2n) is 6.52. The maximum absolute atomic E-state index is 5.96. The molecule has 0 aliphatic carbocycles. The molecule has 0 spiro atoms. The summed E-state index contributed by atoms with van der Waals surface area (Å²) in [5, 5.41) is 8.57. The molecule has 0 bridgehead atoms. The predicted octanol–water partition coefficient (Wildman–Crippen LogP) is 1.11. The van der Waals surface area contributed by atoms with E-state index in [1.807, 2.05) is 29.9 Å². The highest BCUT2D eigenvalue weighted by atomic mass is 16.5. The van der Waals surface area contributed by atoms with Crippen molar-refractivity contribution in [1.82, 2.24) is 24.9 Å². The molecule has 2 aliphatic heterocycles. The Kier molecular flexibility index (Phi) is 4.55. The van der Waals surface area contributed by atoms with E-state index in [2.05, 4.69) is 20.2 Å². The van der Waals surface area contributed by atoms with E-state index in [4.69, 9.17) is 9.47 Å². The predicted molar refractivity (Wildman–Crippen MR) is 87.3 cm³/mol. The van der Waals surface area contributed by atoms with Gasteiger partial charge in [0.2, 0.25) is 0 Å². The molecule has 4 heterocycles. The van der Waals surface area contributed by atoms with Crippen LogP contribution in [0, 0.1) is 0 Å². The molecule has 0 radical (unpaired) electrons. The van der Waals surface area contributed by atoms with Crippen molar-refractivity contribution in [2.24, 2.45) is 7.05 Å². The van der Waals surface area contributed by atoms with Crippen molar-refractivity contribution in [2.75, 3.05) is 26.4 Å². The van der Waals surface area contributed by atoms with Crippen LogP contribution in [0.25, 0.3) is 0 Å². The third kappa shape index (κ3) is 3.19. The standard InChI is InChI=1S/C17H23N5O2/c1-21-17-13(10-24-11-14-4-2-3-6-18-14)8-22(9-16(17)19-20-21)15-5-7-23-12-15/h2-4,6,13,15H,5,7-12H2,1H3/t13-,15-/m0/s1. The molecule has 1 saturated heterocycles. The topological polar surface area (TPSA) is 65.3 Å². The van der Waals surface area contributed by atoms with Crippen LogP contribution < -0.4 is 0 Å². The van der Waals surface area contributed by atoms with Crippen LogP contribution in [0.4, 0.5) is 0 Å². The van der Waals surface area contributed by atoms with Crippen molar-refractivity contribution in [3.05, 3.63) is 41.5 Å². The van der Waals surface area contributed by atoms with Gasteiger partial charge in [-0.05, 0) is 18.6 Å². The van der Waals surface area contributed by atoms with Crippen LogP contribution in [0.1, 0.15) is 29.4 Å². The first-order valence-electron chi connectivity index (χ1n) is 8.49. The fourth-order valence-electron chi connectivity index (χ4n) is 3.66. The van der Waals surface area contributed by atoms with Gasteiger partial charge >= 0.3 is 0 Å². The summed E-state index contributed by atoms with van der Waals surface area (Å²) in [6.45, 7) is 4.67. The van der Waals surface area contributed by atoms with Crippen molar-refractivity contribution in [2.45, 2.75) is 31.5 Å². The first kappa shape index (κ1) is 15.7. The van der Waals surface area contributed by atoms with Crippen LogP contribution in [0.15, 0.2) is 24.4 Å². The molecule has 2 atom stereocenters. The van der Waals surface area contributed by atoms with Gasteiger partial charge in [0, 0.05) is 44.9 Å². The number of rotatable bonds is 5. The molecule has 0 amide bonds. The third-order valence-corrected chi connectivity index (χ3v) is 4.86. The van der Waals surface area contributed by atoms with Crippen molar-refractivity contribution in [3.63, 3.8) is 0 Å². The fraction of sp³-hybridized carbons (Fsp3) is 0.588. The molecule has 2 aliphatic rings. The Balaban J connectivity index is 1.44. The summed E-state index contributed by atoms with van der Waals surface area (Å²) < 4.78 is 13.4. The molecule has 2 aromatic rings. The van der Waals surface area contributed by atoms with Gasteiger partial charge in [-0.3, -0.25) is 14.6 Å². The van der Waals surface area contributed by atoms with Gasteiger partial charge in [-0.25, -0.2) is 0 Å². The summed E-state index contributed by atoms with van der Waals surface area (Å²) in [7, 11) is 1.96. The van der Waals surface area contributed by atoms with Crippen LogP contribution in [-0.2, 0) is 29.7 Å². The van der Waals surface area contributed by atoms with Gasteiger partial charge in [0.1, 0.15) is 5.69 Å². The monoisotopic (exact) mass is 329 g/mol. The molecule has 128 valence electrons. The minimum absolute atomic E-state index is 0.276. The first-order valence-corrected chi connectivity index (χ1v) is 8.49. The lowest BCUT2D eigenvalue weighted by Gasteiger charge is -2.35. The lowest BCUT2D eigenvalue weighted by Crippen LogP contribution is -2.43. The Morgan fingerprint density at radius 2 is 2.33 bits per heavy atom. The Bertz CT molecular complexity index is 669. The minimum atomic E-state index is 0.276. The average Bonchev–Trinajstić information content (AvgIpc) is 3.26. The van der Waals surface area contributed by atoms with Crippen molar-refractivity contribution in [3.8, 4) is 0 Å². The number of ether oxygens (including phenoxy) is 2. The lowest BCUT2D eigenvalue weighted by atomic mass is 9.97.